The predicted octanol–water partition coefficient (Wildman–Crippen LogP) is 2.65. The van der Waals surface area contributed by atoms with Crippen molar-refractivity contribution in [3.05, 3.63) is 35.9 Å². The third-order valence-corrected chi connectivity index (χ3v) is 5.03. The van der Waals surface area contributed by atoms with E-state index in [0.29, 0.717) is 12.0 Å². The number of nitrogens with one attached hydrogen (secondary N) is 3. The molecule has 0 spiro atoms. The molecule has 0 aromatic heterocycles. The smallest absolute Gasteiger partial charge is 0.255 e. The zero-order chi connectivity index (χ0) is 16.9. The molecule has 1 heterocycles. The van der Waals surface area contributed by atoms with Crippen LogP contribution in [0.5, 0.6) is 0 Å². The van der Waals surface area contributed by atoms with E-state index in [1.54, 1.807) is 0 Å². The number of ether oxygens (including phenoxy) is 1. The molecule has 1 aliphatic carbocycles. The minimum atomic E-state index is -0.533. The van der Waals surface area contributed by atoms with Gasteiger partial charge in [0.15, 0.2) is 6.10 Å². The summed E-state index contributed by atoms with van der Waals surface area (Å²) >= 11 is 0. The molecule has 1 aliphatic heterocycles. The molecule has 0 bridgehead atoms. The van der Waals surface area contributed by atoms with Crippen LogP contribution >= 0.6 is 0 Å². The van der Waals surface area contributed by atoms with E-state index in [1.165, 1.54) is 12.8 Å². The molecule has 3 unspecified atom stereocenters. The van der Waals surface area contributed by atoms with Crippen LogP contribution in [-0.4, -0.2) is 24.2 Å². The summed E-state index contributed by atoms with van der Waals surface area (Å²) in [5, 5.41) is 3.10. The zero-order valence-corrected chi connectivity index (χ0v) is 14.6. The summed E-state index contributed by atoms with van der Waals surface area (Å²) in [7, 11) is 0. The summed E-state index contributed by atoms with van der Waals surface area (Å²) in [5.41, 5.74) is 7.36. The first-order chi connectivity index (χ1) is 11.6. The fourth-order valence-corrected chi connectivity index (χ4v) is 3.50. The van der Waals surface area contributed by atoms with Crippen LogP contribution < -0.4 is 16.2 Å². The molecule has 3 atom stereocenters. The number of carbonyl (C=O) groups is 1. The molecule has 132 valence electrons. The van der Waals surface area contributed by atoms with Gasteiger partial charge in [0.1, 0.15) is 0 Å². The number of carbonyl (C=O) groups excluding carboxylic acids is 1. The predicted molar refractivity (Wildman–Crippen MR) is 94.0 cm³/mol. The third kappa shape index (κ3) is 4.35. The van der Waals surface area contributed by atoms with Crippen LogP contribution in [0.4, 0.5) is 0 Å². The van der Waals surface area contributed by atoms with E-state index in [9.17, 15) is 4.79 Å². The lowest BCUT2D eigenvalue weighted by Crippen LogP contribution is -2.46. The van der Waals surface area contributed by atoms with Gasteiger partial charge in [0, 0.05) is 6.04 Å². The van der Waals surface area contributed by atoms with E-state index in [1.807, 2.05) is 30.3 Å². The molecule has 1 aromatic carbocycles. The van der Waals surface area contributed by atoms with Crippen molar-refractivity contribution in [3.8, 4) is 0 Å². The van der Waals surface area contributed by atoms with Gasteiger partial charge in [0.25, 0.3) is 5.91 Å². The molecule has 1 saturated carbocycles. The monoisotopic (exact) mass is 331 g/mol. The Labute approximate surface area is 144 Å². The molecule has 3 rings (SSSR count). The topological polar surface area (TPSA) is 62.4 Å². The van der Waals surface area contributed by atoms with Crippen molar-refractivity contribution in [1.82, 2.24) is 16.2 Å². The van der Waals surface area contributed by atoms with Crippen molar-refractivity contribution >= 4 is 5.91 Å². The van der Waals surface area contributed by atoms with Crippen LogP contribution in [-0.2, 0) is 9.53 Å². The maximum absolute atomic E-state index is 12.9. The summed E-state index contributed by atoms with van der Waals surface area (Å²) in [6, 6.07) is 10.2. The van der Waals surface area contributed by atoms with Crippen LogP contribution in [0.2, 0.25) is 0 Å². The van der Waals surface area contributed by atoms with E-state index in [0.717, 1.165) is 24.8 Å². The Bertz CT molecular complexity index is 529. The van der Waals surface area contributed by atoms with Gasteiger partial charge >= 0.3 is 0 Å². The Morgan fingerprint density at radius 2 is 1.88 bits per heavy atom. The highest BCUT2D eigenvalue weighted by molar-refractivity contribution is 5.82. The van der Waals surface area contributed by atoms with Crippen LogP contribution in [0.25, 0.3) is 0 Å². The molecule has 24 heavy (non-hydrogen) atoms. The van der Waals surface area contributed by atoms with E-state index in [4.69, 9.17) is 4.74 Å². The average Bonchev–Trinajstić information content (AvgIpc) is 3.25. The number of hydrogen-bond acceptors (Lipinski definition) is 4. The summed E-state index contributed by atoms with van der Waals surface area (Å²) in [5.74, 6) is 0.468. The highest BCUT2D eigenvalue weighted by Crippen LogP contribution is 2.28. The summed E-state index contributed by atoms with van der Waals surface area (Å²) in [6.45, 7) is 4.36. The molecule has 2 fully saturated rings. The van der Waals surface area contributed by atoms with Crippen LogP contribution in [0.3, 0.4) is 0 Å². The Morgan fingerprint density at radius 3 is 2.50 bits per heavy atom. The van der Waals surface area contributed by atoms with Crippen molar-refractivity contribution in [2.45, 2.75) is 70.4 Å². The quantitative estimate of drug-likeness (QED) is 0.750. The molecule has 1 aromatic rings. The van der Waals surface area contributed by atoms with Crippen LogP contribution in [0.1, 0.15) is 57.6 Å². The maximum Gasteiger partial charge on any atom is 0.255 e. The van der Waals surface area contributed by atoms with Gasteiger partial charge in [-0.05, 0) is 30.7 Å². The lowest BCUT2D eigenvalue weighted by atomic mass is 10.0. The highest BCUT2D eigenvalue weighted by atomic mass is 16.5. The van der Waals surface area contributed by atoms with Gasteiger partial charge in [-0.1, -0.05) is 57.0 Å². The normalized spacial score (nSPS) is 26.0. The number of hydrogen-bond donors (Lipinski definition) is 3. The molecular formula is C19H29N3O2. The molecule has 5 nitrogen and oxygen atoms in total. The summed E-state index contributed by atoms with van der Waals surface area (Å²) in [6.07, 6.45) is 4.98. The first-order valence-electron chi connectivity index (χ1n) is 9.15. The average molecular weight is 331 g/mol. The lowest BCUT2D eigenvalue weighted by Gasteiger charge is -2.23. The first kappa shape index (κ1) is 17.4. The summed E-state index contributed by atoms with van der Waals surface area (Å²) in [4.78, 5) is 12.9. The standard InChI is InChI=1S/C19H29N3O2/c1-13(2)16-12-17(22-21-16)20-19(23)18(14-8-4-3-5-9-14)24-15-10-6-7-11-15/h3-5,8-9,13,15-18,21-22H,6-7,10-12H2,1-2H3,(H,20,23). The molecule has 0 radical (unpaired) electrons. The van der Waals surface area contributed by atoms with Gasteiger partial charge in [-0.15, -0.1) is 0 Å². The van der Waals surface area contributed by atoms with E-state index >= 15 is 0 Å². The van der Waals surface area contributed by atoms with Gasteiger partial charge < -0.3 is 10.1 Å². The second kappa shape index (κ2) is 8.10. The minimum Gasteiger partial charge on any atom is -0.360 e. The minimum absolute atomic E-state index is 0.0525. The Balaban J connectivity index is 1.64. The van der Waals surface area contributed by atoms with Crippen LogP contribution in [0, 0.1) is 5.92 Å². The van der Waals surface area contributed by atoms with E-state index < -0.39 is 6.10 Å². The fraction of sp³-hybridized carbons (Fsp3) is 0.632. The second-order valence-corrected chi connectivity index (χ2v) is 7.27. The van der Waals surface area contributed by atoms with Gasteiger partial charge in [-0.25, -0.2) is 5.43 Å². The molecule has 3 N–H and O–H groups in total. The molecular weight excluding hydrogens is 302 g/mol. The number of hydrazine groups is 1. The van der Waals surface area contributed by atoms with Crippen molar-refractivity contribution in [1.29, 1.82) is 0 Å². The van der Waals surface area contributed by atoms with Crippen LogP contribution in [0.15, 0.2) is 30.3 Å². The largest absolute Gasteiger partial charge is 0.360 e. The molecule has 1 saturated heterocycles. The van der Waals surface area contributed by atoms with Crippen molar-refractivity contribution in [3.63, 3.8) is 0 Å². The van der Waals surface area contributed by atoms with E-state index in [2.05, 4.69) is 30.0 Å². The zero-order valence-electron chi connectivity index (χ0n) is 14.6. The Hall–Kier alpha value is -1.43. The van der Waals surface area contributed by atoms with Gasteiger partial charge in [0.2, 0.25) is 0 Å². The van der Waals surface area contributed by atoms with Gasteiger partial charge in [-0.2, -0.15) is 0 Å². The first-order valence-corrected chi connectivity index (χ1v) is 9.15. The molecule has 1 amide bonds. The fourth-order valence-electron chi connectivity index (χ4n) is 3.50. The van der Waals surface area contributed by atoms with Crippen molar-refractivity contribution < 1.29 is 9.53 Å². The van der Waals surface area contributed by atoms with Gasteiger partial charge in [-0.3, -0.25) is 10.2 Å². The van der Waals surface area contributed by atoms with Crippen molar-refractivity contribution in [2.24, 2.45) is 5.92 Å². The number of amides is 1. The number of rotatable bonds is 6. The molecule has 2 aliphatic rings. The second-order valence-electron chi connectivity index (χ2n) is 7.27. The maximum atomic E-state index is 12.9. The summed E-state index contributed by atoms with van der Waals surface area (Å²) < 4.78 is 6.18. The Kier molecular flexibility index (Phi) is 5.87. The SMILES string of the molecule is CC(C)C1CC(NC(=O)C(OC2CCCC2)c2ccccc2)NN1. The third-order valence-electron chi connectivity index (χ3n) is 5.03. The lowest BCUT2D eigenvalue weighted by molar-refractivity contribution is -0.138. The highest BCUT2D eigenvalue weighted by Gasteiger charge is 2.31. The number of benzene rings is 1. The van der Waals surface area contributed by atoms with E-state index in [-0.39, 0.29) is 18.2 Å². The Morgan fingerprint density at radius 1 is 1.17 bits per heavy atom. The van der Waals surface area contributed by atoms with Gasteiger partial charge in [0.05, 0.1) is 12.3 Å². The molecule has 5 heteroatoms. The van der Waals surface area contributed by atoms with Crippen molar-refractivity contribution in [2.75, 3.05) is 0 Å².